The van der Waals surface area contributed by atoms with Gasteiger partial charge in [0.05, 0.1) is 0 Å². The molecule has 1 rings (SSSR count). The van der Waals surface area contributed by atoms with E-state index < -0.39 is 11.5 Å². The Morgan fingerprint density at radius 1 is 1.43 bits per heavy atom. The predicted octanol–water partition coefficient (Wildman–Crippen LogP) is 1.72. The minimum atomic E-state index is -0.915. The van der Waals surface area contributed by atoms with Gasteiger partial charge in [0.2, 0.25) is 0 Å². The highest BCUT2D eigenvalue weighted by Crippen LogP contribution is 2.20. The summed E-state index contributed by atoms with van der Waals surface area (Å²) in [5.74, 6) is 0.222. The first-order valence-electron chi connectivity index (χ1n) is 4.62. The van der Waals surface area contributed by atoms with E-state index in [0.717, 1.165) is 0 Å². The number of rotatable bonds is 4. The lowest BCUT2D eigenvalue weighted by Gasteiger charge is -2.25. The molecule has 3 heteroatoms. The third-order valence-electron chi connectivity index (χ3n) is 2.28. The topological polar surface area (TPSA) is 52.3 Å². The van der Waals surface area contributed by atoms with Crippen molar-refractivity contribution >= 4 is 5.91 Å². The van der Waals surface area contributed by atoms with Crippen LogP contribution >= 0.6 is 0 Å². The first-order chi connectivity index (χ1) is 6.58. The second kappa shape index (κ2) is 4.13. The van der Waals surface area contributed by atoms with Crippen molar-refractivity contribution in [2.45, 2.75) is 25.9 Å². The van der Waals surface area contributed by atoms with Gasteiger partial charge in [0.15, 0.2) is 5.60 Å². The van der Waals surface area contributed by atoms with Gasteiger partial charge in [0.25, 0.3) is 5.91 Å². The van der Waals surface area contributed by atoms with Crippen molar-refractivity contribution in [1.82, 2.24) is 0 Å². The van der Waals surface area contributed by atoms with Gasteiger partial charge < -0.3 is 10.5 Å². The van der Waals surface area contributed by atoms with E-state index in [1.54, 1.807) is 19.1 Å². The summed E-state index contributed by atoms with van der Waals surface area (Å²) in [4.78, 5) is 11.2. The molecule has 0 fully saturated rings. The summed E-state index contributed by atoms with van der Waals surface area (Å²) < 4.78 is 5.54. The van der Waals surface area contributed by atoms with Crippen molar-refractivity contribution in [3.05, 3.63) is 30.3 Å². The van der Waals surface area contributed by atoms with Crippen LogP contribution in [0.2, 0.25) is 0 Å². The number of hydrogen-bond acceptors (Lipinski definition) is 2. The van der Waals surface area contributed by atoms with Crippen LogP contribution in [0.1, 0.15) is 20.3 Å². The molecule has 0 spiro atoms. The molecule has 14 heavy (non-hydrogen) atoms. The van der Waals surface area contributed by atoms with Gasteiger partial charge in [0, 0.05) is 0 Å². The molecule has 0 aliphatic carbocycles. The van der Waals surface area contributed by atoms with Crippen LogP contribution in [0.25, 0.3) is 0 Å². The second-order valence-electron chi connectivity index (χ2n) is 3.36. The molecule has 0 radical (unpaired) electrons. The Labute approximate surface area is 83.9 Å². The standard InChI is InChI=1S/C11H15NO2/c1-3-11(2,10(12)13)14-9-7-5-4-6-8-9/h4-8H,3H2,1-2H3,(H2,12,13). The molecule has 1 unspecified atom stereocenters. The van der Waals surface area contributed by atoms with Crippen LogP contribution in [0.5, 0.6) is 5.75 Å². The normalized spacial score (nSPS) is 14.4. The molecule has 0 aliphatic heterocycles. The van der Waals surface area contributed by atoms with Crippen LogP contribution < -0.4 is 10.5 Å². The van der Waals surface area contributed by atoms with E-state index in [0.29, 0.717) is 12.2 Å². The Hall–Kier alpha value is -1.51. The maximum atomic E-state index is 11.2. The third-order valence-corrected chi connectivity index (χ3v) is 2.28. The minimum absolute atomic E-state index is 0.441. The average molecular weight is 193 g/mol. The van der Waals surface area contributed by atoms with Gasteiger partial charge in [-0.15, -0.1) is 0 Å². The number of para-hydroxylation sites is 1. The van der Waals surface area contributed by atoms with Crippen molar-refractivity contribution < 1.29 is 9.53 Å². The molecule has 2 N–H and O–H groups in total. The summed E-state index contributed by atoms with van der Waals surface area (Å²) in [5, 5.41) is 0. The molecular weight excluding hydrogens is 178 g/mol. The van der Waals surface area contributed by atoms with E-state index in [-0.39, 0.29) is 0 Å². The molecule has 0 saturated carbocycles. The molecule has 0 bridgehead atoms. The number of nitrogens with two attached hydrogens (primary N) is 1. The maximum Gasteiger partial charge on any atom is 0.261 e. The van der Waals surface area contributed by atoms with E-state index in [2.05, 4.69) is 0 Å². The summed E-state index contributed by atoms with van der Waals surface area (Å²) >= 11 is 0. The largest absolute Gasteiger partial charge is 0.478 e. The van der Waals surface area contributed by atoms with Crippen LogP contribution in [0.4, 0.5) is 0 Å². The van der Waals surface area contributed by atoms with Gasteiger partial charge in [-0.1, -0.05) is 25.1 Å². The van der Waals surface area contributed by atoms with Gasteiger partial charge in [0.1, 0.15) is 5.75 Å². The average Bonchev–Trinajstić information content (AvgIpc) is 2.19. The Kier molecular flexibility index (Phi) is 3.12. The number of carbonyl (C=O) groups excluding carboxylic acids is 1. The Balaban J connectivity index is 2.81. The molecule has 1 amide bonds. The highest BCUT2D eigenvalue weighted by atomic mass is 16.5. The van der Waals surface area contributed by atoms with E-state index in [1.807, 2.05) is 25.1 Å². The molecule has 0 heterocycles. The number of hydrogen-bond donors (Lipinski definition) is 1. The van der Waals surface area contributed by atoms with E-state index >= 15 is 0 Å². The van der Waals surface area contributed by atoms with Crippen LogP contribution in [-0.2, 0) is 4.79 Å². The quantitative estimate of drug-likeness (QED) is 0.791. The monoisotopic (exact) mass is 193 g/mol. The summed E-state index contributed by atoms with van der Waals surface area (Å²) in [6.07, 6.45) is 0.553. The second-order valence-corrected chi connectivity index (χ2v) is 3.36. The van der Waals surface area contributed by atoms with Crippen LogP contribution in [0.15, 0.2) is 30.3 Å². The molecule has 1 atom stereocenters. The summed E-state index contributed by atoms with van der Waals surface area (Å²) in [6.45, 7) is 3.57. The Morgan fingerprint density at radius 2 is 2.00 bits per heavy atom. The van der Waals surface area contributed by atoms with Gasteiger partial charge in [-0.2, -0.15) is 0 Å². The van der Waals surface area contributed by atoms with Gasteiger partial charge in [-0.25, -0.2) is 0 Å². The molecule has 1 aromatic carbocycles. The Bertz CT molecular complexity index is 310. The van der Waals surface area contributed by atoms with Gasteiger partial charge >= 0.3 is 0 Å². The van der Waals surface area contributed by atoms with Crippen LogP contribution in [-0.4, -0.2) is 11.5 Å². The van der Waals surface area contributed by atoms with E-state index in [1.165, 1.54) is 0 Å². The SMILES string of the molecule is CCC(C)(Oc1ccccc1)C(N)=O. The fourth-order valence-electron chi connectivity index (χ4n) is 1.05. The first kappa shape index (κ1) is 10.6. The molecular formula is C11H15NO2. The molecule has 76 valence electrons. The highest BCUT2D eigenvalue weighted by Gasteiger charge is 2.31. The highest BCUT2D eigenvalue weighted by molar-refractivity contribution is 5.83. The van der Waals surface area contributed by atoms with Gasteiger partial charge in [-0.05, 0) is 25.5 Å². The van der Waals surface area contributed by atoms with Crippen molar-refractivity contribution in [2.75, 3.05) is 0 Å². The van der Waals surface area contributed by atoms with E-state index in [9.17, 15) is 4.79 Å². The van der Waals surface area contributed by atoms with Crippen molar-refractivity contribution in [2.24, 2.45) is 5.73 Å². The number of benzene rings is 1. The lowest BCUT2D eigenvalue weighted by atomic mass is 10.0. The first-order valence-corrected chi connectivity index (χ1v) is 4.62. The molecule has 0 saturated heterocycles. The predicted molar refractivity (Wildman–Crippen MR) is 55.0 cm³/mol. The zero-order chi connectivity index (χ0) is 10.6. The molecule has 0 aromatic heterocycles. The summed E-state index contributed by atoms with van der Waals surface area (Å²) in [5.41, 5.74) is 4.35. The Morgan fingerprint density at radius 3 is 2.43 bits per heavy atom. The fourth-order valence-corrected chi connectivity index (χ4v) is 1.05. The van der Waals surface area contributed by atoms with E-state index in [4.69, 9.17) is 10.5 Å². The number of ether oxygens (including phenoxy) is 1. The summed E-state index contributed by atoms with van der Waals surface area (Å²) in [6, 6.07) is 9.20. The molecule has 1 aromatic rings. The third kappa shape index (κ3) is 2.25. The zero-order valence-electron chi connectivity index (χ0n) is 8.49. The van der Waals surface area contributed by atoms with Crippen LogP contribution in [0, 0.1) is 0 Å². The minimum Gasteiger partial charge on any atom is -0.478 e. The number of carbonyl (C=O) groups is 1. The lowest BCUT2D eigenvalue weighted by Crippen LogP contribution is -2.45. The zero-order valence-corrected chi connectivity index (χ0v) is 8.49. The smallest absolute Gasteiger partial charge is 0.261 e. The van der Waals surface area contributed by atoms with Crippen molar-refractivity contribution in [3.63, 3.8) is 0 Å². The van der Waals surface area contributed by atoms with Crippen molar-refractivity contribution in [3.8, 4) is 5.75 Å². The maximum absolute atomic E-state index is 11.2. The number of primary amides is 1. The van der Waals surface area contributed by atoms with Crippen LogP contribution in [0.3, 0.4) is 0 Å². The summed E-state index contributed by atoms with van der Waals surface area (Å²) in [7, 11) is 0. The van der Waals surface area contributed by atoms with Gasteiger partial charge in [-0.3, -0.25) is 4.79 Å². The number of amides is 1. The van der Waals surface area contributed by atoms with Crippen molar-refractivity contribution in [1.29, 1.82) is 0 Å². The molecule has 0 aliphatic rings. The fraction of sp³-hybridized carbons (Fsp3) is 0.364. The molecule has 3 nitrogen and oxygen atoms in total. The lowest BCUT2D eigenvalue weighted by molar-refractivity contribution is -0.132.